The molecule has 0 unspecified atom stereocenters. The van der Waals surface area contributed by atoms with Gasteiger partial charge in [-0.3, -0.25) is 14.9 Å². The van der Waals surface area contributed by atoms with E-state index in [1.54, 1.807) is 19.2 Å². The molecule has 0 aromatic heterocycles. The van der Waals surface area contributed by atoms with Crippen molar-refractivity contribution in [2.45, 2.75) is 0 Å². The minimum Gasteiger partial charge on any atom is -0.465 e. The summed E-state index contributed by atoms with van der Waals surface area (Å²) in [7, 11) is 2.74. The van der Waals surface area contributed by atoms with E-state index in [4.69, 9.17) is 23.2 Å². The number of amides is 1. The van der Waals surface area contributed by atoms with Crippen molar-refractivity contribution >= 4 is 52.1 Å². The van der Waals surface area contributed by atoms with E-state index in [2.05, 4.69) is 10.1 Å². The van der Waals surface area contributed by atoms with Gasteiger partial charge < -0.3 is 15.0 Å². The molecular formula is C17H15Cl2N3O5. The summed E-state index contributed by atoms with van der Waals surface area (Å²) < 4.78 is 4.67. The third-order valence-corrected chi connectivity index (χ3v) is 4.33. The number of rotatable bonds is 6. The summed E-state index contributed by atoms with van der Waals surface area (Å²) in [6.07, 6.45) is 0. The van der Waals surface area contributed by atoms with Crippen LogP contribution in [0.15, 0.2) is 36.4 Å². The number of ether oxygens (including phenoxy) is 1. The number of non-ortho nitro benzene ring substituents is 1. The van der Waals surface area contributed by atoms with Crippen LogP contribution in [0, 0.1) is 10.1 Å². The molecule has 10 heteroatoms. The third-order valence-electron chi connectivity index (χ3n) is 3.59. The molecule has 0 saturated carbocycles. The van der Waals surface area contributed by atoms with E-state index in [0.29, 0.717) is 21.4 Å². The minimum absolute atomic E-state index is 0.0171. The second kappa shape index (κ2) is 8.70. The Balaban J connectivity index is 2.19. The van der Waals surface area contributed by atoms with Gasteiger partial charge in [-0.05, 0) is 24.3 Å². The smallest absolute Gasteiger partial charge is 0.340 e. The molecule has 2 aromatic carbocycles. The van der Waals surface area contributed by atoms with Crippen molar-refractivity contribution in [1.29, 1.82) is 0 Å². The van der Waals surface area contributed by atoms with Gasteiger partial charge in [-0.1, -0.05) is 23.2 Å². The molecule has 2 aromatic rings. The highest BCUT2D eigenvalue weighted by Gasteiger charge is 2.20. The summed E-state index contributed by atoms with van der Waals surface area (Å²) in [4.78, 5) is 36.0. The standard InChI is InChI=1S/C17H15Cl2N3O5/c1-21(9-16(23)20-10-3-5-13(18)14(19)7-10)15-6-4-11(22(25)26)8-12(15)17(24)27-2/h3-8H,9H2,1-2H3,(H,20,23). The number of likely N-dealkylation sites (N-methyl/N-ethyl adjacent to an activating group) is 1. The molecule has 0 aliphatic rings. The highest BCUT2D eigenvalue weighted by atomic mass is 35.5. The van der Waals surface area contributed by atoms with Crippen LogP contribution in [-0.4, -0.2) is 37.5 Å². The van der Waals surface area contributed by atoms with Gasteiger partial charge in [-0.15, -0.1) is 0 Å². The monoisotopic (exact) mass is 411 g/mol. The summed E-state index contributed by atoms with van der Waals surface area (Å²) in [6, 6.07) is 8.39. The molecule has 1 N–H and O–H groups in total. The lowest BCUT2D eigenvalue weighted by atomic mass is 10.1. The van der Waals surface area contributed by atoms with Gasteiger partial charge in [0.25, 0.3) is 5.69 Å². The number of anilines is 2. The molecule has 0 aliphatic carbocycles. The number of nitrogens with zero attached hydrogens (tertiary/aromatic N) is 2. The first-order valence-electron chi connectivity index (χ1n) is 7.55. The van der Waals surface area contributed by atoms with E-state index in [-0.39, 0.29) is 23.7 Å². The van der Waals surface area contributed by atoms with Gasteiger partial charge in [0.05, 0.1) is 39.9 Å². The number of benzene rings is 2. The molecule has 0 aliphatic heterocycles. The lowest BCUT2D eigenvalue weighted by Gasteiger charge is -2.21. The normalized spacial score (nSPS) is 10.2. The van der Waals surface area contributed by atoms with Crippen molar-refractivity contribution in [2.75, 3.05) is 30.9 Å². The SMILES string of the molecule is COC(=O)c1cc([N+](=O)[O-])ccc1N(C)CC(=O)Nc1ccc(Cl)c(Cl)c1. The second-order valence-electron chi connectivity index (χ2n) is 5.48. The molecule has 0 spiro atoms. The zero-order valence-corrected chi connectivity index (χ0v) is 15.9. The number of methoxy groups -OCH3 is 1. The lowest BCUT2D eigenvalue weighted by Crippen LogP contribution is -2.31. The van der Waals surface area contributed by atoms with Gasteiger partial charge in [0.15, 0.2) is 0 Å². The van der Waals surface area contributed by atoms with Gasteiger partial charge in [-0.25, -0.2) is 4.79 Å². The number of carbonyl (C=O) groups is 2. The van der Waals surface area contributed by atoms with Gasteiger partial charge in [0.1, 0.15) is 0 Å². The van der Waals surface area contributed by atoms with Crippen LogP contribution in [0.2, 0.25) is 10.0 Å². The summed E-state index contributed by atoms with van der Waals surface area (Å²) >= 11 is 11.7. The first kappa shape index (κ1) is 20.5. The molecule has 0 saturated heterocycles. The maximum atomic E-state index is 12.3. The quantitative estimate of drug-likeness (QED) is 0.440. The summed E-state index contributed by atoms with van der Waals surface area (Å²) in [6.45, 7) is -0.123. The molecule has 8 nitrogen and oxygen atoms in total. The van der Waals surface area contributed by atoms with Gasteiger partial charge >= 0.3 is 5.97 Å². The molecule has 0 radical (unpaired) electrons. The van der Waals surface area contributed by atoms with E-state index < -0.39 is 10.9 Å². The molecule has 1 amide bonds. The van der Waals surface area contributed by atoms with E-state index in [1.807, 2.05) is 0 Å². The van der Waals surface area contributed by atoms with E-state index in [1.165, 1.54) is 30.2 Å². The van der Waals surface area contributed by atoms with Crippen LogP contribution < -0.4 is 10.2 Å². The van der Waals surface area contributed by atoms with Crippen LogP contribution in [0.4, 0.5) is 17.1 Å². The van der Waals surface area contributed by atoms with Crippen LogP contribution in [0.1, 0.15) is 10.4 Å². The van der Waals surface area contributed by atoms with Gasteiger partial charge in [0, 0.05) is 24.9 Å². The summed E-state index contributed by atoms with van der Waals surface area (Å²) in [5, 5.41) is 14.2. The first-order valence-corrected chi connectivity index (χ1v) is 8.31. The Labute approximate surface area is 164 Å². The largest absolute Gasteiger partial charge is 0.465 e. The predicted octanol–water partition coefficient (Wildman–Crippen LogP) is 3.76. The van der Waals surface area contributed by atoms with Crippen molar-refractivity contribution in [1.82, 2.24) is 0 Å². The fourth-order valence-electron chi connectivity index (χ4n) is 2.32. The molecular weight excluding hydrogens is 397 g/mol. The number of esters is 1. The maximum absolute atomic E-state index is 12.3. The van der Waals surface area contributed by atoms with E-state index >= 15 is 0 Å². The Kier molecular flexibility index (Phi) is 6.59. The highest BCUT2D eigenvalue weighted by Crippen LogP contribution is 2.27. The van der Waals surface area contributed by atoms with Crippen LogP contribution >= 0.6 is 23.2 Å². The van der Waals surface area contributed by atoms with Crippen LogP contribution in [0.5, 0.6) is 0 Å². The van der Waals surface area contributed by atoms with Gasteiger partial charge in [0.2, 0.25) is 5.91 Å². The molecule has 142 valence electrons. The number of halogens is 2. The first-order chi connectivity index (χ1) is 12.7. The van der Waals surface area contributed by atoms with Crippen molar-refractivity contribution < 1.29 is 19.2 Å². The maximum Gasteiger partial charge on any atom is 0.340 e. The summed E-state index contributed by atoms with van der Waals surface area (Å²) in [5.41, 5.74) is 0.501. The molecule has 0 bridgehead atoms. The number of hydrogen-bond donors (Lipinski definition) is 1. The Hall–Kier alpha value is -2.84. The van der Waals surface area contributed by atoms with Crippen LogP contribution in [-0.2, 0) is 9.53 Å². The number of hydrogen-bond acceptors (Lipinski definition) is 6. The van der Waals surface area contributed by atoms with Gasteiger partial charge in [-0.2, -0.15) is 0 Å². The molecule has 27 heavy (non-hydrogen) atoms. The Morgan fingerprint density at radius 1 is 1.19 bits per heavy atom. The van der Waals surface area contributed by atoms with Crippen molar-refractivity contribution in [3.63, 3.8) is 0 Å². The number of nitro groups is 1. The fourth-order valence-corrected chi connectivity index (χ4v) is 2.62. The Morgan fingerprint density at radius 2 is 1.89 bits per heavy atom. The average molecular weight is 412 g/mol. The van der Waals surface area contributed by atoms with Crippen molar-refractivity contribution in [3.8, 4) is 0 Å². The molecule has 0 heterocycles. The molecule has 0 fully saturated rings. The Morgan fingerprint density at radius 3 is 2.48 bits per heavy atom. The summed E-state index contributed by atoms with van der Waals surface area (Å²) in [5.74, 6) is -1.13. The zero-order chi connectivity index (χ0) is 20.1. The molecule has 2 rings (SSSR count). The van der Waals surface area contributed by atoms with E-state index in [9.17, 15) is 19.7 Å². The Bertz CT molecular complexity index is 904. The number of nitro benzene ring substituents is 1. The van der Waals surface area contributed by atoms with E-state index in [0.717, 1.165) is 6.07 Å². The van der Waals surface area contributed by atoms with Crippen molar-refractivity contribution in [2.24, 2.45) is 0 Å². The van der Waals surface area contributed by atoms with Crippen LogP contribution in [0.3, 0.4) is 0 Å². The third kappa shape index (κ3) is 5.08. The minimum atomic E-state index is -0.745. The number of carbonyl (C=O) groups excluding carboxylic acids is 2. The average Bonchev–Trinajstić information content (AvgIpc) is 2.63. The fraction of sp³-hybridized carbons (Fsp3) is 0.176. The molecule has 0 atom stereocenters. The lowest BCUT2D eigenvalue weighted by molar-refractivity contribution is -0.384. The second-order valence-corrected chi connectivity index (χ2v) is 6.30. The van der Waals surface area contributed by atoms with Crippen LogP contribution in [0.25, 0.3) is 0 Å². The topological polar surface area (TPSA) is 102 Å². The predicted molar refractivity (Wildman–Crippen MR) is 103 cm³/mol. The zero-order valence-electron chi connectivity index (χ0n) is 14.4. The highest BCUT2D eigenvalue weighted by molar-refractivity contribution is 6.42. The number of nitrogens with one attached hydrogen (secondary N) is 1. The van der Waals surface area contributed by atoms with Crippen molar-refractivity contribution in [3.05, 3.63) is 62.1 Å².